The van der Waals surface area contributed by atoms with Crippen molar-refractivity contribution < 1.29 is 13.9 Å². The zero-order valence-electron chi connectivity index (χ0n) is 10.8. The van der Waals surface area contributed by atoms with E-state index in [0.29, 0.717) is 16.6 Å². The molecule has 0 radical (unpaired) electrons. The largest absolute Gasteiger partial charge is 0.442 e. The first-order valence-electron chi connectivity index (χ1n) is 5.67. The molecule has 0 saturated heterocycles. The summed E-state index contributed by atoms with van der Waals surface area (Å²) in [6, 6.07) is 4.53. The van der Waals surface area contributed by atoms with Crippen LogP contribution >= 0.6 is 0 Å². The van der Waals surface area contributed by atoms with Crippen molar-refractivity contribution in [1.82, 2.24) is 9.78 Å². The molecule has 0 amide bonds. The lowest BCUT2D eigenvalue weighted by atomic mass is 10.2. The molecule has 96 valence electrons. The second-order valence-corrected chi connectivity index (χ2v) is 5.11. The number of aryl methyl sites for hydroxylation is 1. The molecular weight excluding hydrogens is 235 g/mol. The average molecular weight is 250 g/mol. The van der Waals surface area contributed by atoms with Crippen LogP contribution in [-0.2, 0) is 4.74 Å². The van der Waals surface area contributed by atoms with Crippen LogP contribution in [0.4, 0.5) is 9.18 Å². The van der Waals surface area contributed by atoms with Crippen molar-refractivity contribution in [3.05, 3.63) is 29.7 Å². The standard InChI is InChI=1S/C13H15FN2O2/c1-8-11-9(14)6-5-7-10(11)16(15-8)12(17)18-13(2,3)4/h5-7H,1-4H3. The molecule has 5 heteroatoms. The Kier molecular flexibility index (Phi) is 2.84. The van der Waals surface area contributed by atoms with Gasteiger partial charge in [-0.1, -0.05) is 6.07 Å². The molecule has 2 rings (SSSR count). The van der Waals surface area contributed by atoms with Crippen LogP contribution in [-0.4, -0.2) is 21.5 Å². The summed E-state index contributed by atoms with van der Waals surface area (Å²) in [7, 11) is 0. The molecule has 4 nitrogen and oxygen atoms in total. The van der Waals surface area contributed by atoms with Crippen LogP contribution in [0.25, 0.3) is 10.9 Å². The summed E-state index contributed by atoms with van der Waals surface area (Å²) in [6.07, 6.45) is -0.605. The van der Waals surface area contributed by atoms with Crippen molar-refractivity contribution in [2.45, 2.75) is 33.3 Å². The molecule has 0 saturated carbocycles. The van der Waals surface area contributed by atoms with Gasteiger partial charge in [-0.15, -0.1) is 0 Å². The minimum atomic E-state index is -0.614. The Morgan fingerprint density at radius 2 is 2.06 bits per heavy atom. The van der Waals surface area contributed by atoms with Crippen LogP contribution in [0.5, 0.6) is 0 Å². The van der Waals surface area contributed by atoms with Crippen molar-refractivity contribution >= 4 is 17.0 Å². The monoisotopic (exact) mass is 250 g/mol. The maximum atomic E-state index is 13.7. The van der Waals surface area contributed by atoms with E-state index in [-0.39, 0.29) is 5.82 Å². The SMILES string of the molecule is Cc1nn(C(=O)OC(C)(C)C)c2cccc(F)c12. The van der Waals surface area contributed by atoms with Gasteiger partial charge in [0.1, 0.15) is 11.4 Å². The van der Waals surface area contributed by atoms with Gasteiger partial charge in [0.05, 0.1) is 16.6 Å². The Bertz CT molecular complexity index is 611. The number of carbonyl (C=O) groups excluding carboxylic acids is 1. The first kappa shape index (κ1) is 12.5. The van der Waals surface area contributed by atoms with Crippen LogP contribution < -0.4 is 0 Å². The minimum absolute atomic E-state index is 0.350. The van der Waals surface area contributed by atoms with Crippen LogP contribution in [0.3, 0.4) is 0 Å². The predicted molar refractivity (Wildman–Crippen MR) is 66.1 cm³/mol. The van der Waals surface area contributed by atoms with E-state index in [1.165, 1.54) is 6.07 Å². The molecule has 2 aromatic rings. The Morgan fingerprint density at radius 3 is 2.67 bits per heavy atom. The zero-order valence-corrected chi connectivity index (χ0v) is 10.8. The fourth-order valence-corrected chi connectivity index (χ4v) is 1.75. The number of aromatic nitrogens is 2. The van der Waals surface area contributed by atoms with E-state index < -0.39 is 11.7 Å². The first-order valence-corrected chi connectivity index (χ1v) is 5.67. The number of hydrogen-bond acceptors (Lipinski definition) is 3. The molecule has 1 heterocycles. The minimum Gasteiger partial charge on any atom is -0.442 e. The molecule has 0 aliphatic heterocycles. The molecule has 1 aromatic carbocycles. The van der Waals surface area contributed by atoms with E-state index in [2.05, 4.69) is 5.10 Å². The van der Waals surface area contributed by atoms with Gasteiger partial charge >= 0.3 is 6.09 Å². The van der Waals surface area contributed by atoms with E-state index in [1.54, 1.807) is 39.8 Å². The molecule has 0 N–H and O–H groups in total. The maximum Gasteiger partial charge on any atom is 0.435 e. The topological polar surface area (TPSA) is 44.1 Å². The van der Waals surface area contributed by atoms with Crippen molar-refractivity contribution in [3.63, 3.8) is 0 Å². The van der Waals surface area contributed by atoms with Gasteiger partial charge in [-0.25, -0.2) is 9.18 Å². The number of carbonyl (C=O) groups is 1. The van der Waals surface area contributed by atoms with Crippen LogP contribution in [0, 0.1) is 12.7 Å². The van der Waals surface area contributed by atoms with E-state index in [1.807, 2.05) is 0 Å². The lowest BCUT2D eigenvalue weighted by Gasteiger charge is -2.19. The highest BCUT2D eigenvalue weighted by Crippen LogP contribution is 2.22. The van der Waals surface area contributed by atoms with Gasteiger partial charge in [-0.3, -0.25) is 0 Å². The molecule has 0 spiro atoms. The molecule has 0 aliphatic rings. The van der Waals surface area contributed by atoms with E-state index in [4.69, 9.17) is 4.74 Å². The number of hydrogen-bond donors (Lipinski definition) is 0. The Labute approximate surface area is 104 Å². The van der Waals surface area contributed by atoms with Gasteiger partial charge in [-0.05, 0) is 39.8 Å². The summed E-state index contributed by atoms with van der Waals surface area (Å²) in [5.74, 6) is -0.389. The molecule has 0 unspecified atom stereocenters. The number of nitrogens with zero attached hydrogens (tertiary/aromatic N) is 2. The summed E-state index contributed by atoms with van der Waals surface area (Å²) >= 11 is 0. The van der Waals surface area contributed by atoms with Gasteiger partial charge < -0.3 is 4.74 Å². The number of halogens is 1. The maximum absolute atomic E-state index is 13.7. The molecule has 0 atom stereocenters. The van der Waals surface area contributed by atoms with Gasteiger partial charge in [0.2, 0.25) is 0 Å². The van der Waals surface area contributed by atoms with Gasteiger partial charge in [0, 0.05) is 0 Å². The fraction of sp³-hybridized carbons (Fsp3) is 0.385. The number of rotatable bonds is 0. The van der Waals surface area contributed by atoms with E-state index in [0.717, 1.165) is 4.68 Å². The van der Waals surface area contributed by atoms with Crippen LogP contribution in [0.1, 0.15) is 26.5 Å². The van der Waals surface area contributed by atoms with E-state index in [9.17, 15) is 9.18 Å². The molecule has 18 heavy (non-hydrogen) atoms. The second-order valence-electron chi connectivity index (χ2n) is 5.11. The molecular formula is C13H15FN2O2. The third-order valence-corrected chi connectivity index (χ3v) is 2.40. The highest BCUT2D eigenvalue weighted by atomic mass is 19.1. The number of benzene rings is 1. The molecule has 0 fully saturated rings. The first-order chi connectivity index (χ1) is 8.29. The highest BCUT2D eigenvalue weighted by molar-refractivity contribution is 5.90. The summed E-state index contributed by atoms with van der Waals surface area (Å²) in [5.41, 5.74) is 0.270. The highest BCUT2D eigenvalue weighted by Gasteiger charge is 2.22. The Balaban J connectivity index is 2.53. The van der Waals surface area contributed by atoms with Crippen molar-refractivity contribution in [3.8, 4) is 0 Å². The third-order valence-electron chi connectivity index (χ3n) is 2.40. The molecule has 0 aliphatic carbocycles. The second kappa shape index (κ2) is 4.08. The lowest BCUT2D eigenvalue weighted by molar-refractivity contribution is 0.0522. The van der Waals surface area contributed by atoms with Gasteiger partial charge in [0.25, 0.3) is 0 Å². The summed E-state index contributed by atoms with van der Waals surface area (Å²) in [5, 5.41) is 4.39. The van der Waals surface area contributed by atoms with Crippen LogP contribution in [0.2, 0.25) is 0 Å². The van der Waals surface area contributed by atoms with E-state index >= 15 is 0 Å². The van der Waals surface area contributed by atoms with Crippen molar-refractivity contribution in [2.75, 3.05) is 0 Å². The van der Waals surface area contributed by atoms with Crippen molar-refractivity contribution in [1.29, 1.82) is 0 Å². The summed E-state index contributed by atoms with van der Waals surface area (Å²) in [4.78, 5) is 12.0. The Hall–Kier alpha value is -1.91. The fourth-order valence-electron chi connectivity index (χ4n) is 1.75. The summed E-state index contributed by atoms with van der Waals surface area (Å²) in [6.45, 7) is 6.96. The average Bonchev–Trinajstić information content (AvgIpc) is 2.55. The predicted octanol–water partition coefficient (Wildman–Crippen LogP) is 3.27. The quantitative estimate of drug-likeness (QED) is 0.720. The number of ether oxygens (including phenoxy) is 1. The number of fused-ring (bicyclic) bond motifs is 1. The third kappa shape index (κ3) is 2.20. The molecule has 1 aromatic heterocycles. The zero-order chi connectivity index (χ0) is 13.5. The van der Waals surface area contributed by atoms with Crippen LogP contribution in [0.15, 0.2) is 18.2 Å². The van der Waals surface area contributed by atoms with Gasteiger partial charge in [0.15, 0.2) is 0 Å². The van der Waals surface area contributed by atoms with Crippen molar-refractivity contribution in [2.24, 2.45) is 0 Å². The molecule has 0 bridgehead atoms. The van der Waals surface area contributed by atoms with Gasteiger partial charge in [-0.2, -0.15) is 9.78 Å². The normalized spacial score (nSPS) is 11.8. The lowest BCUT2D eigenvalue weighted by Crippen LogP contribution is -2.27. The summed E-state index contributed by atoms with van der Waals surface area (Å²) < 4.78 is 20.0. The Morgan fingerprint density at radius 1 is 1.39 bits per heavy atom. The smallest absolute Gasteiger partial charge is 0.435 e.